The van der Waals surface area contributed by atoms with Crippen molar-refractivity contribution in [2.75, 3.05) is 0 Å². The molecule has 1 aliphatic heterocycles. The lowest BCUT2D eigenvalue weighted by Crippen LogP contribution is -2.15. The molecule has 1 unspecified atom stereocenters. The van der Waals surface area contributed by atoms with E-state index in [-0.39, 0.29) is 11.7 Å². The zero-order valence-corrected chi connectivity index (χ0v) is 13.0. The predicted molar refractivity (Wildman–Crippen MR) is 86.5 cm³/mol. The first-order valence-corrected chi connectivity index (χ1v) is 7.74. The van der Waals surface area contributed by atoms with Gasteiger partial charge in [-0.1, -0.05) is 50.2 Å². The number of hydrogen-bond donors (Lipinski definition) is 0. The van der Waals surface area contributed by atoms with Crippen LogP contribution in [0.2, 0.25) is 0 Å². The Morgan fingerprint density at radius 2 is 1.82 bits per heavy atom. The van der Waals surface area contributed by atoms with Crippen molar-refractivity contribution >= 4 is 5.78 Å². The van der Waals surface area contributed by atoms with Crippen molar-refractivity contribution < 1.29 is 9.53 Å². The Morgan fingerprint density at radius 3 is 2.59 bits per heavy atom. The van der Waals surface area contributed by atoms with Crippen LogP contribution in [0.3, 0.4) is 0 Å². The molecule has 0 saturated heterocycles. The van der Waals surface area contributed by atoms with E-state index in [0.29, 0.717) is 5.92 Å². The Kier molecular flexibility index (Phi) is 2.77. The minimum Gasteiger partial charge on any atom is -0.461 e. The lowest BCUT2D eigenvalue weighted by molar-refractivity contribution is 0.103. The standard InChI is InChI=1S/C20H18O2/c1-11(2)13-8-9-17-16(10-13)19-14-6-4-5-7-15(14)20(21)18(19)12(3)22-17/h4-11,19H,1-3H3. The minimum absolute atomic E-state index is 0.0196. The Bertz CT molecular complexity index is 827. The maximum Gasteiger partial charge on any atom is 0.193 e. The van der Waals surface area contributed by atoms with Gasteiger partial charge >= 0.3 is 0 Å². The van der Waals surface area contributed by atoms with E-state index in [0.717, 1.165) is 33.8 Å². The van der Waals surface area contributed by atoms with Gasteiger partial charge in [0.05, 0.1) is 5.57 Å². The van der Waals surface area contributed by atoms with E-state index in [2.05, 4.69) is 32.0 Å². The van der Waals surface area contributed by atoms with Crippen molar-refractivity contribution in [1.29, 1.82) is 0 Å². The Balaban J connectivity index is 1.99. The number of hydrogen-bond acceptors (Lipinski definition) is 2. The van der Waals surface area contributed by atoms with Crippen LogP contribution in [0.25, 0.3) is 0 Å². The summed E-state index contributed by atoms with van der Waals surface area (Å²) in [5.41, 5.74) is 5.11. The lowest BCUT2D eigenvalue weighted by atomic mass is 9.85. The average molecular weight is 290 g/mol. The highest BCUT2D eigenvalue weighted by Crippen LogP contribution is 2.49. The molecule has 0 radical (unpaired) electrons. The molecule has 1 aliphatic carbocycles. The second kappa shape index (κ2) is 4.57. The van der Waals surface area contributed by atoms with Crippen molar-refractivity contribution in [1.82, 2.24) is 0 Å². The van der Waals surface area contributed by atoms with Gasteiger partial charge < -0.3 is 4.74 Å². The molecule has 2 aromatic rings. The fourth-order valence-corrected chi connectivity index (χ4v) is 3.54. The summed E-state index contributed by atoms with van der Waals surface area (Å²) >= 11 is 0. The summed E-state index contributed by atoms with van der Waals surface area (Å²) in [7, 11) is 0. The number of carbonyl (C=O) groups is 1. The zero-order chi connectivity index (χ0) is 15.4. The van der Waals surface area contributed by atoms with Gasteiger partial charge in [0.15, 0.2) is 5.78 Å². The minimum atomic E-state index is 0.0196. The summed E-state index contributed by atoms with van der Waals surface area (Å²) < 4.78 is 5.94. The molecule has 110 valence electrons. The topological polar surface area (TPSA) is 26.3 Å². The van der Waals surface area contributed by atoms with E-state index in [4.69, 9.17) is 4.74 Å². The van der Waals surface area contributed by atoms with Crippen LogP contribution in [0.5, 0.6) is 5.75 Å². The monoisotopic (exact) mass is 290 g/mol. The molecular weight excluding hydrogens is 272 g/mol. The van der Waals surface area contributed by atoms with Crippen LogP contribution in [0.1, 0.15) is 59.7 Å². The predicted octanol–water partition coefficient (Wildman–Crippen LogP) is 4.80. The molecule has 2 heteroatoms. The van der Waals surface area contributed by atoms with E-state index in [1.165, 1.54) is 5.56 Å². The van der Waals surface area contributed by atoms with Crippen molar-refractivity contribution in [2.24, 2.45) is 0 Å². The summed E-state index contributed by atoms with van der Waals surface area (Å²) in [4.78, 5) is 12.7. The van der Waals surface area contributed by atoms with Gasteiger partial charge in [0.1, 0.15) is 11.5 Å². The maximum atomic E-state index is 12.7. The van der Waals surface area contributed by atoms with Gasteiger partial charge in [0.25, 0.3) is 0 Å². The molecule has 0 spiro atoms. The number of fused-ring (bicyclic) bond motifs is 5. The maximum absolute atomic E-state index is 12.7. The Morgan fingerprint density at radius 1 is 1.05 bits per heavy atom. The fraction of sp³-hybridized carbons (Fsp3) is 0.250. The molecule has 0 saturated carbocycles. The number of benzene rings is 2. The first-order chi connectivity index (χ1) is 10.6. The SMILES string of the molecule is CC1=C2C(=O)c3ccccc3C2c2cc(C(C)C)ccc2O1. The lowest BCUT2D eigenvalue weighted by Gasteiger charge is -2.26. The van der Waals surface area contributed by atoms with Gasteiger partial charge in [0.2, 0.25) is 0 Å². The number of ketones is 1. The number of Topliss-reactive ketones (excluding diaryl/α,β-unsaturated/α-hetero) is 1. The van der Waals surface area contributed by atoms with Gasteiger partial charge in [-0.05, 0) is 30.0 Å². The van der Waals surface area contributed by atoms with Gasteiger partial charge in [-0.25, -0.2) is 0 Å². The van der Waals surface area contributed by atoms with Crippen LogP contribution in [0.4, 0.5) is 0 Å². The smallest absolute Gasteiger partial charge is 0.193 e. The summed E-state index contributed by atoms with van der Waals surface area (Å²) in [5, 5.41) is 0. The van der Waals surface area contributed by atoms with Crippen LogP contribution in [-0.2, 0) is 0 Å². The number of allylic oxidation sites excluding steroid dienone is 2. The van der Waals surface area contributed by atoms with Crippen LogP contribution >= 0.6 is 0 Å². The van der Waals surface area contributed by atoms with Gasteiger partial charge in [-0.15, -0.1) is 0 Å². The molecule has 0 bridgehead atoms. The second-order valence-corrected chi connectivity index (χ2v) is 6.37. The molecule has 4 rings (SSSR count). The highest BCUT2D eigenvalue weighted by Gasteiger charge is 2.41. The molecule has 0 aromatic heterocycles. The summed E-state index contributed by atoms with van der Waals surface area (Å²) in [6.07, 6.45) is 0. The Hall–Kier alpha value is -2.35. The molecule has 2 nitrogen and oxygen atoms in total. The van der Waals surface area contributed by atoms with Crippen molar-refractivity contribution in [2.45, 2.75) is 32.6 Å². The van der Waals surface area contributed by atoms with E-state index >= 15 is 0 Å². The molecule has 2 aliphatic rings. The van der Waals surface area contributed by atoms with E-state index in [9.17, 15) is 4.79 Å². The molecule has 0 amide bonds. The zero-order valence-electron chi connectivity index (χ0n) is 13.0. The second-order valence-electron chi connectivity index (χ2n) is 6.37. The molecule has 22 heavy (non-hydrogen) atoms. The average Bonchev–Trinajstić information content (AvgIpc) is 2.82. The largest absolute Gasteiger partial charge is 0.461 e. The van der Waals surface area contributed by atoms with Crippen LogP contribution in [0.15, 0.2) is 53.8 Å². The third-order valence-corrected chi connectivity index (χ3v) is 4.70. The van der Waals surface area contributed by atoms with Gasteiger partial charge in [0, 0.05) is 17.0 Å². The molecule has 0 N–H and O–H groups in total. The van der Waals surface area contributed by atoms with Crippen LogP contribution < -0.4 is 4.74 Å². The van der Waals surface area contributed by atoms with Crippen molar-refractivity contribution in [3.8, 4) is 5.75 Å². The van der Waals surface area contributed by atoms with E-state index in [1.54, 1.807) is 0 Å². The number of carbonyl (C=O) groups excluding carboxylic acids is 1. The third kappa shape index (κ3) is 1.70. The van der Waals surface area contributed by atoms with Crippen LogP contribution in [-0.4, -0.2) is 5.78 Å². The van der Waals surface area contributed by atoms with Gasteiger partial charge in [-0.2, -0.15) is 0 Å². The van der Waals surface area contributed by atoms with Gasteiger partial charge in [-0.3, -0.25) is 4.79 Å². The Labute approximate surface area is 130 Å². The quantitative estimate of drug-likeness (QED) is 0.753. The van der Waals surface area contributed by atoms with Crippen LogP contribution in [0, 0.1) is 0 Å². The third-order valence-electron chi connectivity index (χ3n) is 4.70. The molecular formula is C20H18O2. The highest BCUT2D eigenvalue weighted by atomic mass is 16.5. The molecule has 1 heterocycles. The normalized spacial score (nSPS) is 18.9. The number of rotatable bonds is 1. The summed E-state index contributed by atoms with van der Waals surface area (Å²) in [6, 6.07) is 14.3. The molecule has 0 fully saturated rings. The van der Waals surface area contributed by atoms with E-state index in [1.807, 2.05) is 31.2 Å². The molecule has 2 aromatic carbocycles. The molecule has 1 atom stereocenters. The van der Waals surface area contributed by atoms with Crippen molar-refractivity contribution in [3.05, 3.63) is 76.1 Å². The highest BCUT2D eigenvalue weighted by molar-refractivity contribution is 6.15. The van der Waals surface area contributed by atoms with Crippen molar-refractivity contribution in [3.63, 3.8) is 0 Å². The first kappa shape index (κ1) is 13.3. The summed E-state index contributed by atoms with van der Waals surface area (Å²) in [5.74, 6) is 2.19. The van der Waals surface area contributed by atoms with E-state index < -0.39 is 0 Å². The summed E-state index contributed by atoms with van der Waals surface area (Å²) in [6.45, 7) is 6.26. The first-order valence-electron chi connectivity index (χ1n) is 7.74. The fourth-order valence-electron chi connectivity index (χ4n) is 3.54. The number of ether oxygens (including phenoxy) is 1.